The predicted molar refractivity (Wildman–Crippen MR) is 81.9 cm³/mol. The molecular weight excluding hydrogens is 328 g/mol. The van der Waals surface area contributed by atoms with Gasteiger partial charge in [-0.2, -0.15) is 0 Å². The molecule has 0 atom stereocenters. The third-order valence-electron chi connectivity index (χ3n) is 2.50. The van der Waals surface area contributed by atoms with Gasteiger partial charge in [-0.3, -0.25) is 0 Å². The smallest absolute Gasteiger partial charge is 0.138 e. The number of benzene rings is 1. The van der Waals surface area contributed by atoms with Crippen molar-refractivity contribution in [2.75, 3.05) is 11.9 Å². The van der Waals surface area contributed by atoms with Crippen LogP contribution in [0.5, 0.6) is 5.75 Å². The summed E-state index contributed by atoms with van der Waals surface area (Å²) in [5.74, 6) is 1.64. The van der Waals surface area contributed by atoms with Crippen LogP contribution in [0, 0.1) is 0 Å². The maximum Gasteiger partial charge on any atom is 0.138 e. The highest BCUT2D eigenvalue weighted by Gasteiger charge is 2.10. The summed E-state index contributed by atoms with van der Waals surface area (Å²) in [5.41, 5.74) is 0.992. The minimum absolute atomic E-state index is 0.603. The van der Waals surface area contributed by atoms with Crippen molar-refractivity contribution in [3.8, 4) is 5.75 Å². The molecule has 0 fully saturated rings. The molecule has 1 heterocycles. The van der Waals surface area contributed by atoms with E-state index in [1.54, 1.807) is 6.20 Å². The van der Waals surface area contributed by atoms with Gasteiger partial charge in [-0.1, -0.05) is 17.7 Å². The highest BCUT2D eigenvalue weighted by atomic mass is 79.9. The van der Waals surface area contributed by atoms with Crippen molar-refractivity contribution < 1.29 is 4.74 Å². The van der Waals surface area contributed by atoms with Crippen molar-refractivity contribution in [3.05, 3.63) is 51.6 Å². The molecule has 0 aliphatic carbocycles. The Balaban J connectivity index is 2.19. The number of pyridine rings is 1. The molecule has 3 nitrogen and oxygen atoms in total. The predicted octanol–water partition coefficient (Wildman–Crippen LogP) is 4.51. The normalized spacial score (nSPS) is 10.3. The lowest BCUT2D eigenvalue weighted by molar-refractivity contribution is 0.335. The Hall–Kier alpha value is -1.26. The molecule has 5 heteroatoms. The van der Waals surface area contributed by atoms with Crippen LogP contribution in [0.1, 0.15) is 12.5 Å². The summed E-state index contributed by atoms with van der Waals surface area (Å²) < 4.78 is 6.51. The summed E-state index contributed by atoms with van der Waals surface area (Å²) in [7, 11) is 0. The Bertz CT molecular complexity index is 549. The third-order valence-corrected chi connectivity index (χ3v) is 3.31. The molecule has 0 bridgehead atoms. The second-order valence-electron chi connectivity index (χ2n) is 3.88. The first-order valence-corrected chi connectivity index (χ1v) is 7.13. The van der Waals surface area contributed by atoms with Crippen LogP contribution >= 0.6 is 27.5 Å². The lowest BCUT2D eigenvalue weighted by atomic mass is 10.2. The van der Waals surface area contributed by atoms with Crippen LogP contribution in [0.3, 0.4) is 0 Å². The van der Waals surface area contributed by atoms with Gasteiger partial charge in [-0.05, 0) is 47.1 Å². The fraction of sp³-hybridized carbons (Fsp3) is 0.214. The molecule has 0 aliphatic heterocycles. The number of nitrogens with one attached hydrogen (secondary N) is 1. The fourth-order valence-electron chi connectivity index (χ4n) is 1.70. The molecule has 19 heavy (non-hydrogen) atoms. The van der Waals surface area contributed by atoms with E-state index in [4.69, 9.17) is 16.3 Å². The number of aromatic nitrogens is 1. The van der Waals surface area contributed by atoms with Gasteiger partial charge in [0.1, 0.15) is 11.6 Å². The van der Waals surface area contributed by atoms with E-state index in [0.29, 0.717) is 18.2 Å². The van der Waals surface area contributed by atoms with Crippen LogP contribution in [-0.4, -0.2) is 11.6 Å². The average Bonchev–Trinajstić information content (AvgIpc) is 2.41. The Kier molecular flexibility index (Phi) is 5.05. The Morgan fingerprint density at radius 1 is 1.37 bits per heavy atom. The van der Waals surface area contributed by atoms with Gasteiger partial charge < -0.3 is 10.1 Å². The van der Waals surface area contributed by atoms with Crippen molar-refractivity contribution in [2.45, 2.75) is 13.5 Å². The topological polar surface area (TPSA) is 34.1 Å². The summed E-state index contributed by atoms with van der Waals surface area (Å²) in [6.07, 6.45) is 1.75. The quantitative estimate of drug-likeness (QED) is 0.869. The van der Waals surface area contributed by atoms with E-state index in [-0.39, 0.29) is 0 Å². The molecule has 1 aromatic carbocycles. The van der Waals surface area contributed by atoms with Crippen LogP contribution < -0.4 is 10.1 Å². The van der Waals surface area contributed by atoms with Gasteiger partial charge in [0, 0.05) is 23.3 Å². The molecule has 1 N–H and O–H groups in total. The van der Waals surface area contributed by atoms with Crippen LogP contribution in [0.25, 0.3) is 0 Å². The molecule has 0 saturated heterocycles. The molecule has 0 spiro atoms. The number of hydrogen-bond donors (Lipinski definition) is 1. The van der Waals surface area contributed by atoms with Crippen LogP contribution in [0.15, 0.2) is 41.0 Å². The second kappa shape index (κ2) is 6.78. The van der Waals surface area contributed by atoms with Gasteiger partial charge in [-0.25, -0.2) is 4.98 Å². The van der Waals surface area contributed by atoms with Gasteiger partial charge in [0.05, 0.1) is 11.1 Å². The fourth-order valence-corrected chi connectivity index (χ4v) is 2.69. The molecule has 0 amide bonds. The molecule has 0 aliphatic rings. The number of anilines is 1. The zero-order valence-corrected chi connectivity index (χ0v) is 12.8. The Morgan fingerprint density at radius 3 is 2.89 bits per heavy atom. The number of nitrogens with zero attached hydrogens (tertiary/aromatic N) is 1. The lowest BCUT2D eigenvalue weighted by Gasteiger charge is -2.13. The summed E-state index contributed by atoms with van der Waals surface area (Å²) in [6.45, 7) is 3.17. The van der Waals surface area contributed by atoms with Gasteiger partial charge in [0.2, 0.25) is 0 Å². The van der Waals surface area contributed by atoms with Crippen molar-refractivity contribution in [1.29, 1.82) is 0 Å². The maximum atomic E-state index is 6.08. The molecule has 0 saturated carbocycles. The molecule has 100 valence electrons. The largest absolute Gasteiger partial charge is 0.492 e. The number of ether oxygens (including phenoxy) is 1. The van der Waals surface area contributed by atoms with E-state index in [9.17, 15) is 0 Å². The van der Waals surface area contributed by atoms with Crippen LogP contribution in [0.2, 0.25) is 5.02 Å². The lowest BCUT2D eigenvalue weighted by Crippen LogP contribution is -2.05. The van der Waals surface area contributed by atoms with E-state index in [1.807, 2.05) is 37.3 Å². The van der Waals surface area contributed by atoms with Gasteiger partial charge in [0.25, 0.3) is 0 Å². The number of halogens is 2. The van der Waals surface area contributed by atoms with Crippen molar-refractivity contribution in [3.63, 3.8) is 0 Å². The zero-order chi connectivity index (χ0) is 13.7. The second-order valence-corrected chi connectivity index (χ2v) is 5.17. The number of rotatable bonds is 5. The summed E-state index contributed by atoms with van der Waals surface area (Å²) in [4.78, 5) is 4.22. The SMILES string of the molecule is CCOc1c(Br)cc(Cl)cc1CNc1ccccn1. The zero-order valence-electron chi connectivity index (χ0n) is 10.5. The highest BCUT2D eigenvalue weighted by Crippen LogP contribution is 2.33. The first-order valence-electron chi connectivity index (χ1n) is 5.96. The first-order chi connectivity index (χ1) is 9.20. The number of hydrogen-bond acceptors (Lipinski definition) is 3. The maximum absolute atomic E-state index is 6.08. The van der Waals surface area contributed by atoms with E-state index in [2.05, 4.69) is 26.2 Å². The molecule has 0 radical (unpaired) electrons. The van der Waals surface area contributed by atoms with Gasteiger partial charge in [0.15, 0.2) is 0 Å². The van der Waals surface area contributed by atoms with Crippen LogP contribution in [-0.2, 0) is 6.54 Å². The van der Waals surface area contributed by atoms with Crippen LogP contribution in [0.4, 0.5) is 5.82 Å². The van der Waals surface area contributed by atoms with Gasteiger partial charge in [-0.15, -0.1) is 0 Å². The minimum Gasteiger partial charge on any atom is -0.492 e. The third kappa shape index (κ3) is 3.85. The van der Waals surface area contributed by atoms with E-state index >= 15 is 0 Å². The monoisotopic (exact) mass is 340 g/mol. The van der Waals surface area contributed by atoms with E-state index in [1.165, 1.54) is 0 Å². The summed E-state index contributed by atoms with van der Waals surface area (Å²) in [6, 6.07) is 9.46. The average molecular weight is 342 g/mol. The molecule has 2 aromatic rings. The molecule has 0 unspecified atom stereocenters. The molecular formula is C14H14BrClN2O. The Morgan fingerprint density at radius 2 is 2.21 bits per heavy atom. The molecule has 2 rings (SSSR count). The summed E-state index contributed by atoms with van der Waals surface area (Å²) >= 11 is 9.55. The standard InChI is InChI=1S/C14H14BrClN2O/c1-2-19-14-10(7-11(16)8-12(14)15)9-18-13-5-3-4-6-17-13/h3-8H,2,9H2,1H3,(H,17,18). The van der Waals surface area contributed by atoms with E-state index < -0.39 is 0 Å². The minimum atomic E-state index is 0.603. The summed E-state index contributed by atoms with van der Waals surface area (Å²) in [5, 5.41) is 3.92. The van der Waals surface area contributed by atoms with Crippen molar-refractivity contribution in [2.24, 2.45) is 0 Å². The van der Waals surface area contributed by atoms with E-state index in [0.717, 1.165) is 21.6 Å². The van der Waals surface area contributed by atoms with Gasteiger partial charge >= 0.3 is 0 Å². The first kappa shape index (κ1) is 14.2. The molecule has 1 aromatic heterocycles. The Labute approximate surface area is 126 Å². The highest BCUT2D eigenvalue weighted by molar-refractivity contribution is 9.10. The van der Waals surface area contributed by atoms with Crippen molar-refractivity contribution >= 4 is 33.3 Å². The van der Waals surface area contributed by atoms with Crippen molar-refractivity contribution in [1.82, 2.24) is 4.98 Å².